The zero-order valence-corrected chi connectivity index (χ0v) is 16.1. The van der Waals surface area contributed by atoms with Gasteiger partial charge in [-0.05, 0) is 51.7 Å². The summed E-state index contributed by atoms with van der Waals surface area (Å²) in [5.74, 6) is 1.43. The lowest BCUT2D eigenvalue weighted by molar-refractivity contribution is 0.309. The van der Waals surface area contributed by atoms with Crippen LogP contribution in [0, 0.1) is 0 Å². The summed E-state index contributed by atoms with van der Waals surface area (Å²) in [6.07, 6.45) is 0. The number of hydrogen-bond donors (Lipinski definition) is 1. The Morgan fingerprint density at radius 3 is 2.67 bits per heavy atom. The van der Waals surface area contributed by atoms with Gasteiger partial charge in [-0.15, -0.1) is 11.3 Å². The van der Waals surface area contributed by atoms with Crippen LogP contribution in [-0.2, 0) is 6.54 Å². The smallest absolute Gasteiger partial charge is 0.122 e. The minimum Gasteiger partial charge on any atom is -0.492 e. The molecular formula is C16H19Br2NOS. The Morgan fingerprint density at radius 2 is 2.00 bits per heavy atom. The third-order valence-electron chi connectivity index (χ3n) is 3.05. The fraction of sp³-hybridized carbons (Fsp3) is 0.375. The van der Waals surface area contributed by atoms with E-state index in [1.54, 1.807) is 11.3 Å². The highest BCUT2D eigenvalue weighted by Gasteiger charge is 2.08. The van der Waals surface area contributed by atoms with Crippen LogP contribution in [0.4, 0.5) is 0 Å². The van der Waals surface area contributed by atoms with Crippen molar-refractivity contribution in [3.63, 3.8) is 0 Å². The van der Waals surface area contributed by atoms with Crippen molar-refractivity contribution >= 4 is 43.2 Å². The van der Waals surface area contributed by atoms with Crippen molar-refractivity contribution < 1.29 is 4.74 Å². The molecule has 0 saturated carbocycles. The maximum atomic E-state index is 5.91. The molecule has 0 radical (unpaired) electrons. The minimum absolute atomic E-state index is 0.453. The summed E-state index contributed by atoms with van der Waals surface area (Å²) in [5, 5.41) is 5.50. The second-order valence-corrected chi connectivity index (χ2v) is 7.92. The number of ether oxygens (including phenoxy) is 1. The van der Waals surface area contributed by atoms with Gasteiger partial charge >= 0.3 is 0 Å². The van der Waals surface area contributed by atoms with E-state index in [9.17, 15) is 0 Å². The number of rotatable bonds is 7. The molecule has 1 aromatic heterocycles. The number of thiophene rings is 1. The summed E-state index contributed by atoms with van der Waals surface area (Å²) in [6, 6.07) is 8.34. The first-order valence-corrected chi connectivity index (χ1v) is 9.38. The monoisotopic (exact) mass is 431 g/mol. The zero-order chi connectivity index (χ0) is 15.2. The normalized spacial score (nSPS) is 11.1. The molecule has 0 spiro atoms. The Morgan fingerprint density at radius 1 is 1.19 bits per heavy atom. The Balaban J connectivity index is 1.78. The maximum absolute atomic E-state index is 5.91. The average Bonchev–Trinajstić information content (AvgIpc) is 2.85. The highest BCUT2D eigenvalue weighted by atomic mass is 79.9. The number of halogens is 2. The molecule has 1 N–H and O–H groups in total. The van der Waals surface area contributed by atoms with Crippen LogP contribution in [0.2, 0.25) is 0 Å². The Kier molecular flexibility index (Phi) is 6.74. The van der Waals surface area contributed by atoms with Gasteiger partial charge in [-0.3, -0.25) is 0 Å². The molecule has 0 aliphatic heterocycles. The van der Waals surface area contributed by atoms with E-state index < -0.39 is 0 Å². The lowest BCUT2D eigenvalue weighted by atomic mass is 10.0. The Labute approximate surface area is 147 Å². The van der Waals surface area contributed by atoms with E-state index in [1.165, 1.54) is 10.4 Å². The molecular weight excluding hydrogens is 414 g/mol. The van der Waals surface area contributed by atoms with Gasteiger partial charge in [0.15, 0.2) is 0 Å². The fourth-order valence-electron chi connectivity index (χ4n) is 1.99. The van der Waals surface area contributed by atoms with E-state index in [0.717, 1.165) is 27.8 Å². The Bertz CT molecular complexity index is 583. The van der Waals surface area contributed by atoms with Crippen LogP contribution in [0.15, 0.2) is 38.6 Å². The summed E-state index contributed by atoms with van der Waals surface area (Å²) in [7, 11) is 0. The van der Waals surface area contributed by atoms with Crippen LogP contribution >= 0.6 is 43.2 Å². The van der Waals surface area contributed by atoms with Crippen molar-refractivity contribution in [2.75, 3.05) is 13.2 Å². The molecule has 1 aromatic carbocycles. The molecule has 0 amide bonds. The topological polar surface area (TPSA) is 21.3 Å². The molecule has 1 heterocycles. The van der Waals surface area contributed by atoms with Gasteiger partial charge in [-0.2, -0.15) is 0 Å². The van der Waals surface area contributed by atoms with Crippen LogP contribution in [0.25, 0.3) is 0 Å². The van der Waals surface area contributed by atoms with Crippen molar-refractivity contribution in [1.29, 1.82) is 0 Å². The van der Waals surface area contributed by atoms with E-state index in [2.05, 4.69) is 68.5 Å². The summed E-state index contributed by atoms with van der Waals surface area (Å²) >= 11 is 8.74. The quantitative estimate of drug-likeness (QED) is 0.577. The standard InChI is InChI=1S/C16H19Br2NOS/c1-11(2)15-8-12(17)3-4-16(15)20-6-5-19-9-14-7-13(18)10-21-14/h3-4,7-8,10-11,19H,5-6,9H2,1-2H3. The van der Waals surface area contributed by atoms with Gasteiger partial charge in [0.1, 0.15) is 12.4 Å². The van der Waals surface area contributed by atoms with Gasteiger partial charge in [-0.1, -0.05) is 29.8 Å². The fourth-order valence-corrected chi connectivity index (χ4v) is 3.79. The van der Waals surface area contributed by atoms with Gasteiger partial charge in [-0.25, -0.2) is 0 Å². The second-order valence-electron chi connectivity index (χ2n) is 5.09. The number of nitrogens with one attached hydrogen (secondary N) is 1. The van der Waals surface area contributed by atoms with Crippen LogP contribution in [-0.4, -0.2) is 13.2 Å². The third kappa shape index (κ3) is 5.40. The molecule has 2 rings (SSSR count). The molecule has 114 valence electrons. The van der Waals surface area contributed by atoms with Crippen LogP contribution in [0.5, 0.6) is 5.75 Å². The van der Waals surface area contributed by atoms with Gasteiger partial charge in [0.25, 0.3) is 0 Å². The number of hydrogen-bond acceptors (Lipinski definition) is 3. The molecule has 0 atom stereocenters. The molecule has 5 heteroatoms. The van der Waals surface area contributed by atoms with Gasteiger partial charge in [0, 0.05) is 32.3 Å². The van der Waals surface area contributed by atoms with E-state index in [-0.39, 0.29) is 0 Å². The molecule has 21 heavy (non-hydrogen) atoms. The van der Waals surface area contributed by atoms with E-state index >= 15 is 0 Å². The molecule has 2 aromatic rings. The van der Waals surface area contributed by atoms with Crippen molar-refractivity contribution in [1.82, 2.24) is 5.32 Å². The summed E-state index contributed by atoms with van der Waals surface area (Å²) in [5.41, 5.74) is 1.24. The molecule has 0 saturated heterocycles. The molecule has 0 aliphatic carbocycles. The van der Waals surface area contributed by atoms with Crippen molar-refractivity contribution in [2.45, 2.75) is 26.3 Å². The predicted molar refractivity (Wildman–Crippen MR) is 97.5 cm³/mol. The molecule has 0 bridgehead atoms. The van der Waals surface area contributed by atoms with Crippen LogP contribution in [0.3, 0.4) is 0 Å². The average molecular weight is 433 g/mol. The number of benzene rings is 1. The van der Waals surface area contributed by atoms with E-state index in [1.807, 2.05) is 12.1 Å². The minimum atomic E-state index is 0.453. The molecule has 0 fully saturated rings. The lowest BCUT2D eigenvalue weighted by Gasteiger charge is -2.14. The third-order valence-corrected chi connectivity index (χ3v) is 5.24. The SMILES string of the molecule is CC(C)c1cc(Br)ccc1OCCNCc1cc(Br)cs1. The maximum Gasteiger partial charge on any atom is 0.122 e. The van der Waals surface area contributed by atoms with Gasteiger partial charge < -0.3 is 10.1 Å². The van der Waals surface area contributed by atoms with Crippen LogP contribution in [0.1, 0.15) is 30.2 Å². The second kappa shape index (κ2) is 8.32. The highest BCUT2D eigenvalue weighted by Crippen LogP contribution is 2.29. The Hall–Kier alpha value is -0.360. The predicted octanol–water partition coefficient (Wildman–Crippen LogP) is 5.57. The van der Waals surface area contributed by atoms with Gasteiger partial charge in [0.05, 0.1) is 0 Å². The first-order chi connectivity index (χ1) is 10.1. The van der Waals surface area contributed by atoms with E-state index in [0.29, 0.717) is 12.5 Å². The molecule has 2 nitrogen and oxygen atoms in total. The van der Waals surface area contributed by atoms with Crippen molar-refractivity contribution in [3.05, 3.63) is 49.0 Å². The van der Waals surface area contributed by atoms with Crippen molar-refractivity contribution in [2.24, 2.45) is 0 Å². The molecule has 0 unspecified atom stereocenters. The van der Waals surface area contributed by atoms with Crippen molar-refractivity contribution in [3.8, 4) is 5.75 Å². The lowest BCUT2D eigenvalue weighted by Crippen LogP contribution is -2.20. The molecule has 0 aliphatic rings. The van der Waals surface area contributed by atoms with E-state index in [4.69, 9.17) is 4.74 Å². The summed E-state index contributed by atoms with van der Waals surface area (Å²) < 4.78 is 8.15. The van der Waals surface area contributed by atoms with Crippen LogP contribution < -0.4 is 10.1 Å². The zero-order valence-electron chi connectivity index (χ0n) is 12.2. The largest absolute Gasteiger partial charge is 0.492 e. The van der Waals surface area contributed by atoms with Gasteiger partial charge in [0.2, 0.25) is 0 Å². The first-order valence-electron chi connectivity index (χ1n) is 6.92. The summed E-state index contributed by atoms with van der Waals surface area (Å²) in [4.78, 5) is 1.33. The first kappa shape index (κ1) is 17.0. The highest BCUT2D eigenvalue weighted by molar-refractivity contribution is 9.10. The summed E-state index contributed by atoms with van der Waals surface area (Å²) in [6.45, 7) is 6.76.